The van der Waals surface area contributed by atoms with Gasteiger partial charge in [-0.1, -0.05) is 6.58 Å². The summed E-state index contributed by atoms with van der Waals surface area (Å²) < 4.78 is 10.2. The predicted octanol–water partition coefficient (Wildman–Crippen LogP) is 2.68. The molecule has 0 N–H and O–H groups in total. The first-order valence-corrected chi connectivity index (χ1v) is 5.81. The summed E-state index contributed by atoms with van der Waals surface area (Å²) in [6.45, 7) is 17.6. The Kier molecular flexibility index (Phi) is 5.14. The topological polar surface area (TPSA) is 52.6 Å². The highest BCUT2D eigenvalue weighted by atomic mass is 16.6. The normalized spacial score (nSPS) is 13.7. The van der Waals surface area contributed by atoms with Gasteiger partial charge in [-0.15, -0.1) is 0 Å². The third-order valence-electron chi connectivity index (χ3n) is 1.77. The summed E-state index contributed by atoms with van der Waals surface area (Å²) in [6.07, 6.45) is 0. The molecule has 0 aromatic heterocycles. The largest absolute Gasteiger partial charge is 0.459 e. The van der Waals surface area contributed by atoms with E-state index < -0.39 is 29.1 Å². The summed E-state index contributed by atoms with van der Waals surface area (Å²) in [5.74, 6) is -2.18. The quantitative estimate of drug-likeness (QED) is 0.574. The van der Waals surface area contributed by atoms with Gasteiger partial charge in [0, 0.05) is 5.57 Å². The van der Waals surface area contributed by atoms with Gasteiger partial charge in [-0.25, -0.2) is 4.79 Å². The molecule has 0 aromatic carbocycles. The Balaban J connectivity index is 4.61. The van der Waals surface area contributed by atoms with Crippen LogP contribution in [0.5, 0.6) is 0 Å². The zero-order valence-corrected chi connectivity index (χ0v) is 12.1. The molecule has 0 aliphatic heterocycles. The van der Waals surface area contributed by atoms with E-state index in [9.17, 15) is 9.59 Å². The van der Waals surface area contributed by atoms with Gasteiger partial charge >= 0.3 is 11.9 Å². The Morgan fingerprint density at radius 3 is 1.67 bits per heavy atom. The number of rotatable bonds is 3. The maximum absolute atomic E-state index is 11.7. The second-order valence-corrected chi connectivity index (χ2v) is 6.11. The fourth-order valence-electron chi connectivity index (χ4n) is 1.00. The van der Waals surface area contributed by atoms with E-state index in [0.717, 1.165) is 0 Å². The van der Waals surface area contributed by atoms with E-state index >= 15 is 0 Å². The van der Waals surface area contributed by atoms with Crippen LogP contribution in [0.4, 0.5) is 0 Å². The lowest BCUT2D eigenvalue weighted by Crippen LogP contribution is -2.32. The lowest BCUT2D eigenvalue weighted by atomic mass is 10.0. The predicted molar refractivity (Wildman–Crippen MR) is 69.7 cm³/mol. The number of esters is 2. The Morgan fingerprint density at radius 2 is 1.33 bits per heavy atom. The monoisotopic (exact) mass is 255 g/mol. The molecule has 18 heavy (non-hydrogen) atoms. The van der Waals surface area contributed by atoms with Crippen molar-refractivity contribution in [1.29, 1.82) is 0 Å². The van der Waals surface area contributed by atoms with E-state index in [1.54, 1.807) is 41.5 Å². The Hall–Kier alpha value is -1.32. The Labute approximate surface area is 109 Å². The van der Waals surface area contributed by atoms with Gasteiger partial charge in [0.2, 0.25) is 0 Å². The number of hydrogen-bond donors (Lipinski definition) is 0. The summed E-state index contributed by atoms with van der Waals surface area (Å²) in [6, 6.07) is 0. The molecule has 1 atom stereocenters. The van der Waals surface area contributed by atoms with Crippen molar-refractivity contribution in [1.82, 2.24) is 0 Å². The van der Waals surface area contributed by atoms with Crippen LogP contribution in [-0.4, -0.2) is 23.1 Å². The molecule has 0 spiro atoms. The zero-order valence-electron chi connectivity index (χ0n) is 12.1. The summed E-state index contributed by atoms with van der Waals surface area (Å²) in [7, 11) is 0. The molecule has 4 nitrogen and oxygen atoms in total. The highest BCUT2D eigenvalue weighted by Gasteiger charge is 2.29. The standard InChI is InChI=1S/C14H23O4/c1-9(11(15)17-13(3,4)5)10(2)12(16)18-14(6,7)8/h9H,1-2H2,3-8H3. The third kappa shape index (κ3) is 6.42. The van der Waals surface area contributed by atoms with E-state index in [1.165, 1.54) is 0 Å². The fraction of sp³-hybridized carbons (Fsp3) is 0.643. The van der Waals surface area contributed by atoms with Crippen molar-refractivity contribution >= 4 is 11.9 Å². The fourth-order valence-corrected chi connectivity index (χ4v) is 1.00. The van der Waals surface area contributed by atoms with Crippen molar-refractivity contribution in [3.8, 4) is 0 Å². The van der Waals surface area contributed by atoms with Crippen LogP contribution in [0, 0.1) is 12.8 Å². The molecular weight excluding hydrogens is 232 g/mol. The highest BCUT2D eigenvalue weighted by Crippen LogP contribution is 2.19. The molecule has 1 unspecified atom stereocenters. The molecule has 0 rings (SSSR count). The van der Waals surface area contributed by atoms with Gasteiger partial charge in [-0.2, -0.15) is 0 Å². The van der Waals surface area contributed by atoms with Crippen LogP contribution in [0.3, 0.4) is 0 Å². The van der Waals surface area contributed by atoms with Crippen molar-refractivity contribution in [2.24, 2.45) is 5.92 Å². The molecular formula is C14H23O4. The first-order chi connectivity index (χ1) is 7.83. The van der Waals surface area contributed by atoms with Gasteiger partial charge in [0.15, 0.2) is 0 Å². The molecule has 0 aliphatic rings. The Morgan fingerprint density at radius 1 is 0.944 bits per heavy atom. The Bertz CT molecular complexity index is 342. The van der Waals surface area contributed by atoms with E-state index in [2.05, 4.69) is 13.5 Å². The molecule has 0 bridgehead atoms. The van der Waals surface area contributed by atoms with Gasteiger partial charge in [0.25, 0.3) is 0 Å². The summed E-state index contributed by atoms with van der Waals surface area (Å²) in [4.78, 5) is 23.4. The average molecular weight is 255 g/mol. The minimum absolute atomic E-state index is 0.000764. The minimum atomic E-state index is -0.959. The second-order valence-electron chi connectivity index (χ2n) is 6.11. The first-order valence-electron chi connectivity index (χ1n) is 5.81. The van der Waals surface area contributed by atoms with Crippen LogP contribution in [-0.2, 0) is 19.1 Å². The number of carbonyl (C=O) groups excluding carboxylic acids is 2. The molecule has 1 radical (unpaired) electrons. The van der Waals surface area contributed by atoms with E-state index in [4.69, 9.17) is 9.47 Å². The van der Waals surface area contributed by atoms with Crippen molar-refractivity contribution in [2.45, 2.75) is 52.7 Å². The first kappa shape index (κ1) is 16.7. The second kappa shape index (κ2) is 5.55. The van der Waals surface area contributed by atoms with Crippen LogP contribution >= 0.6 is 0 Å². The van der Waals surface area contributed by atoms with Crippen LogP contribution in [0.15, 0.2) is 12.2 Å². The van der Waals surface area contributed by atoms with Gasteiger partial charge in [0.05, 0.1) is 5.92 Å². The molecule has 0 aliphatic carbocycles. The summed E-state index contributed by atoms with van der Waals surface area (Å²) >= 11 is 0. The molecule has 103 valence electrons. The van der Waals surface area contributed by atoms with E-state index in [-0.39, 0.29) is 5.57 Å². The van der Waals surface area contributed by atoms with Crippen LogP contribution in [0.25, 0.3) is 0 Å². The third-order valence-corrected chi connectivity index (χ3v) is 1.77. The van der Waals surface area contributed by atoms with Crippen LogP contribution < -0.4 is 0 Å². The number of carbonyl (C=O) groups is 2. The molecule has 0 saturated carbocycles. The average Bonchev–Trinajstić information content (AvgIpc) is 2.09. The molecule has 0 saturated heterocycles. The molecule has 0 fully saturated rings. The van der Waals surface area contributed by atoms with Gasteiger partial charge in [-0.3, -0.25) is 4.79 Å². The zero-order chi connectivity index (χ0) is 14.7. The van der Waals surface area contributed by atoms with E-state index in [0.29, 0.717) is 0 Å². The van der Waals surface area contributed by atoms with Crippen molar-refractivity contribution < 1.29 is 19.1 Å². The number of hydrogen-bond acceptors (Lipinski definition) is 4. The SMILES string of the molecule is [CH2]C(C(=C)C(=O)OC(C)(C)C)C(=O)OC(C)(C)C. The number of ether oxygens (including phenoxy) is 2. The van der Waals surface area contributed by atoms with Crippen LogP contribution in [0.1, 0.15) is 41.5 Å². The van der Waals surface area contributed by atoms with Gasteiger partial charge in [0.1, 0.15) is 11.2 Å². The lowest BCUT2D eigenvalue weighted by molar-refractivity contribution is -0.160. The molecule has 0 amide bonds. The maximum atomic E-state index is 11.7. The van der Waals surface area contributed by atoms with Crippen molar-refractivity contribution in [3.05, 3.63) is 19.1 Å². The smallest absolute Gasteiger partial charge is 0.334 e. The lowest BCUT2D eigenvalue weighted by Gasteiger charge is -2.24. The molecule has 0 aromatic rings. The van der Waals surface area contributed by atoms with Gasteiger partial charge < -0.3 is 9.47 Å². The van der Waals surface area contributed by atoms with Gasteiger partial charge in [-0.05, 0) is 48.5 Å². The van der Waals surface area contributed by atoms with E-state index in [1.807, 2.05) is 0 Å². The van der Waals surface area contributed by atoms with Crippen molar-refractivity contribution in [3.63, 3.8) is 0 Å². The maximum Gasteiger partial charge on any atom is 0.334 e. The minimum Gasteiger partial charge on any atom is -0.459 e. The molecule has 0 heterocycles. The molecule has 4 heteroatoms. The van der Waals surface area contributed by atoms with Crippen molar-refractivity contribution in [2.75, 3.05) is 0 Å². The highest BCUT2D eigenvalue weighted by molar-refractivity contribution is 5.95. The van der Waals surface area contributed by atoms with Crippen LogP contribution in [0.2, 0.25) is 0 Å². The summed E-state index contributed by atoms with van der Waals surface area (Å²) in [5.41, 5.74) is -1.26. The summed E-state index contributed by atoms with van der Waals surface area (Å²) in [5, 5.41) is 0.